The number of alkyl halides is 1. The maximum absolute atomic E-state index is 10.9. The molecule has 1 atom stereocenters. The van der Waals surface area contributed by atoms with Crippen molar-refractivity contribution in [1.82, 2.24) is 5.32 Å². The Labute approximate surface area is 78.4 Å². The lowest BCUT2D eigenvalue weighted by Gasteiger charge is -2.11. The number of ether oxygens (including phenoxy) is 1. The summed E-state index contributed by atoms with van der Waals surface area (Å²) in [6.45, 7) is 5.08. The van der Waals surface area contributed by atoms with Crippen LogP contribution >= 0.6 is 11.6 Å². The predicted molar refractivity (Wildman–Crippen MR) is 49.4 cm³/mol. The zero-order chi connectivity index (χ0) is 9.40. The average Bonchev–Trinajstić information content (AvgIpc) is 2.02. The largest absolute Gasteiger partial charge is 0.377 e. The van der Waals surface area contributed by atoms with E-state index in [2.05, 4.69) is 5.32 Å². The fourth-order valence-electron chi connectivity index (χ4n) is 0.775. The summed E-state index contributed by atoms with van der Waals surface area (Å²) in [6.07, 6.45) is 0.453. The minimum absolute atomic E-state index is 0.0171. The molecule has 0 aromatic heterocycles. The zero-order valence-corrected chi connectivity index (χ0v) is 8.36. The van der Waals surface area contributed by atoms with Crippen molar-refractivity contribution in [3.8, 4) is 0 Å². The molecule has 0 radical (unpaired) electrons. The van der Waals surface area contributed by atoms with E-state index in [9.17, 15) is 4.79 Å². The van der Waals surface area contributed by atoms with Gasteiger partial charge in [0.25, 0.3) is 0 Å². The van der Waals surface area contributed by atoms with E-state index in [1.165, 1.54) is 0 Å². The molecule has 0 saturated heterocycles. The van der Waals surface area contributed by atoms with Gasteiger partial charge < -0.3 is 10.1 Å². The summed E-state index contributed by atoms with van der Waals surface area (Å²) in [5, 5.41) is 2.72. The van der Waals surface area contributed by atoms with Crippen LogP contribution in [-0.2, 0) is 9.53 Å². The fraction of sp³-hybridized carbons (Fsp3) is 0.875. The van der Waals surface area contributed by atoms with Gasteiger partial charge in [-0.2, -0.15) is 0 Å². The molecule has 0 aliphatic heterocycles. The first-order valence-corrected chi connectivity index (χ1v) is 4.68. The molecule has 0 bridgehead atoms. The van der Waals surface area contributed by atoms with Crippen LogP contribution in [0, 0.1) is 0 Å². The number of hydrogen-bond acceptors (Lipinski definition) is 2. The second-order valence-corrected chi connectivity index (χ2v) is 2.89. The average molecular weight is 194 g/mol. The Morgan fingerprint density at radius 2 is 2.33 bits per heavy atom. The summed E-state index contributed by atoms with van der Waals surface area (Å²) in [5.41, 5.74) is 0. The molecule has 0 rings (SSSR count). The lowest BCUT2D eigenvalue weighted by molar-refractivity contribution is -0.121. The smallest absolute Gasteiger partial charge is 0.221 e. The number of halogens is 1. The second kappa shape index (κ2) is 7.37. The van der Waals surface area contributed by atoms with Gasteiger partial charge in [-0.25, -0.2) is 0 Å². The van der Waals surface area contributed by atoms with Gasteiger partial charge in [0, 0.05) is 25.5 Å². The predicted octanol–water partition coefficient (Wildman–Crippen LogP) is 1.16. The molecular formula is C8H16ClNO2. The van der Waals surface area contributed by atoms with Crippen molar-refractivity contribution in [3.05, 3.63) is 0 Å². The van der Waals surface area contributed by atoms with E-state index in [4.69, 9.17) is 16.3 Å². The maximum Gasteiger partial charge on any atom is 0.221 e. The summed E-state index contributed by atoms with van der Waals surface area (Å²) < 4.78 is 5.22. The molecule has 3 nitrogen and oxygen atoms in total. The number of hydrogen-bond donors (Lipinski definition) is 1. The van der Waals surface area contributed by atoms with Gasteiger partial charge in [0.05, 0.1) is 6.10 Å². The minimum Gasteiger partial charge on any atom is -0.377 e. The van der Waals surface area contributed by atoms with Crippen LogP contribution in [0.5, 0.6) is 0 Å². The van der Waals surface area contributed by atoms with Crippen LogP contribution in [0.4, 0.5) is 0 Å². The van der Waals surface area contributed by atoms with Gasteiger partial charge in [-0.15, -0.1) is 11.6 Å². The normalized spacial score (nSPS) is 12.6. The van der Waals surface area contributed by atoms with E-state index in [-0.39, 0.29) is 12.0 Å². The molecule has 0 aliphatic carbocycles. The van der Waals surface area contributed by atoms with E-state index in [1.807, 2.05) is 13.8 Å². The molecule has 1 unspecified atom stereocenters. The van der Waals surface area contributed by atoms with Crippen LogP contribution in [0.15, 0.2) is 0 Å². The van der Waals surface area contributed by atoms with Gasteiger partial charge >= 0.3 is 0 Å². The minimum atomic E-state index is -0.0171. The third kappa shape index (κ3) is 6.43. The van der Waals surface area contributed by atoms with Crippen molar-refractivity contribution in [2.45, 2.75) is 26.4 Å². The maximum atomic E-state index is 10.9. The molecule has 12 heavy (non-hydrogen) atoms. The first kappa shape index (κ1) is 11.7. The van der Waals surface area contributed by atoms with E-state index in [0.717, 1.165) is 0 Å². The number of carbonyl (C=O) groups is 1. The lowest BCUT2D eigenvalue weighted by atomic mass is 10.3. The van der Waals surface area contributed by atoms with Gasteiger partial charge in [0.2, 0.25) is 5.91 Å². The topological polar surface area (TPSA) is 38.3 Å². The Morgan fingerprint density at radius 1 is 1.67 bits per heavy atom. The quantitative estimate of drug-likeness (QED) is 0.643. The molecule has 0 aromatic rings. The summed E-state index contributed by atoms with van der Waals surface area (Å²) in [6, 6.07) is 0. The van der Waals surface area contributed by atoms with Crippen LogP contribution in [0.1, 0.15) is 20.3 Å². The highest BCUT2D eigenvalue weighted by atomic mass is 35.5. The fourth-order valence-corrected chi connectivity index (χ4v) is 0.947. The standard InChI is InChI=1S/C8H16ClNO2/c1-3-12-7(2)6-10-8(11)4-5-9/h7H,3-6H2,1-2H3,(H,10,11). The second-order valence-electron chi connectivity index (χ2n) is 2.51. The Balaban J connectivity index is 3.33. The molecule has 0 spiro atoms. The molecule has 0 saturated carbocycles. The first-order valence-electron chi connectivity index (χ1n) is 4.15. The van der Waals surface area contributed by atoms with Crippen LogP contribution in [0.2, 0.25) is 0 Å². The van der Waals surface area contributed by atoms with Crippen molar-refractivity contribution >= 4 is 17.5 Å². The molecule has 1 N–H and O–H groups in total. The number of amides is 1. The summed E-state index contributed by atoms with van der Waals surface area (Å²) >= 11 is 5.38. The zero-order valence-electron chi connectivity index (χ0n) is 7.60. The molecular weight excluding hydrogens is 178 g/mol. The van der Waals surface area contributed by atoms with Gasteiger partial charge in [0.15, 0.2) is 0 Å². The third-order valence-electron chi connectivity index (χ3n) is 1.36. The summed E-state index contributed by atoms with van der Waals surface area (Å²) in [7, 11) is 0. The highest BCUT2D eigenvalue weighted by Gasteiger charge is 2.03. The van der Waals surface area contributed by atoms with Gasteiger partial charge in [-0.05, 0) is 13.8 Å². The van der Waals surface area contributed by atoms with E-state index in [1.54, 1.807) is 0 Å². The molecule has 72 valence electrons. The summed E-state index contributed by atoms with van der Waals surface area (Å²) in [4.78, 5) is 10.9. The molecule has 0 aliphatic rings. The number of nitrogens with one attached hydrogen (secondary N) is 1. The Hall–Kier alpha value is -0.280. The monoisotopic (exact) mass is 193 g/mol. The first-order chi connectivity index (χ1) is 5.70. The van der Waals surface area contributed by atoms with Gasteiger partial charge in [0.1, 0.15) is 0 Å². The molecule has 1 amide bonds. The lowest BCUT2D eigenvalue weighted by Crippen LogP contribution is -2.32. The Kier molecular flexibility index (Phi) is 7.20. The Morgan fingerprint density at radius 3 is 2.83 bits per heavy atom. The molecule has 0 heterocycles. The van der Waals surface area contributed by atoms with Gasteiger partial charge in [-0.1, -0.05) is 0 Å². The highest BCUT2D eigenvalue weighted by molar-refractivity contribution is 6.18. The van der Waals surface area contributed by atoms with Crippen molar-refractivity contribution in [2.75, 3.05) is 19.0 Å². The van der Waals surface area contributed by atoms with Crippen LogP contribution in [0.25, 0.3) is 0 Å². The molecule has 0 fully saturated rings. The van der Waals surface area contributed by atoms with Crippen molar-refractivity contribution in [3.63, 3.8) is 0 Å². The van der Waals surface area contributed by atoms with Crippen LogP contribution in [0.3, 0.4) is 0 Å². The van der Waals surface area contributed by atoms with Crippen LogP contribution < -0.4 is 5.32 Å². The molecule has 0 aromatic carbocycles. The SMILES string of the molecule is CCOC(C)CNC(=O)CCCl. The number of rotatable bonds is 6. The highest BCUT2D eigenvalue weighted by Crippen LogP contribution is 1.89. The van der Waals surface area contributed by atoms with E-state index >= 15 is 0 Å². The van der Waals surface area contributed by atoms with Crippen LogP contribution in [-0.4, -0.2) is 31.0 Å². The van der Waals surface area contributed by atoms with E-state index in [0.29, 0.717) is 25.5 Å². The summed E-state index contributed by atoms with van der Waals surface area (Å²) in [5.74, 6) is 0.353. The number of carbonyl (C=O) groups excluding carboxylic acids is 1. The van der Waals surface area contributed by atoms with Crippen molar-refractivity contribution in [2.24, 2.45) is 0 Å². The van der Waals surface area contributed by atoms with Gasteiger partial charge in [-0.3, -0.25) is 4.79 Å². The van der Waals surface area contributed by atoms with Crippen molar-refractivity contribution < 1.29 is 9.53 Å². The Bertz CT molecular complexity index is 130. The molecule has 4 heteroatoms. The van der Waals surface area contributed by atoms with E-state index < -0.39 is 0 Å². The van der Waals surface area contributed by atoms with Crippen molar-refractivity contribution in [1.29, 1.82) is 0 Å². The third-order valence-corrected chi connectivity index (χ3v) is 1.55.